The van der Waals surface area contributed by atoms with E-state index in [1.165, 1.54) is 6.33 Å². The summed E-state index contributed by atoms with van der Waals surface area (Å²) >= 11 is 0. The van der Waals surface area contributed by atoms with Gasteiger partial charge in [-0.25, -0.2) is 15.0 Å². The van der Waals surface area contributed by atoms with Crippen LogP contribution in [0.3, 0.4) is 0 Å². The van der Waals surface area contributed by atoms with Crippen molar-refractivity contribution in [3.8, 4) is 0 Å². The van der Waals surface area contributed by atoms with E-state index in [2.05, 4.69) is 25.2 Å². The van der Waals surface area contributed by atoms with Gasteiger partial charge in [-0.15, -0.1) is 0 Å². The molecule has 0 amide bonds. The summed E-state index contributed by atoms with van der Waals surface area (Å²) in [5.41, 5.74) is -0.0179. The van der Waals surface area contributed by atoms with Gasteiger partial charge in [0.1, 0.15) is 12.1 Å². The summed E-state index contributed by atoms with van der Waals surface area (Å²) in [5, 5.41) is 15.0. The minimum atomic E-state index is -0.363. The van der Waals surface area contributed by atoms with Crippen molar-refractivity contribution in [2.45, 2.75) is 31.7 Å². The first-order valence-electron chi connectivity index (χ1n) is 9.39. The van der Waals surface area contributed by atoms with E-state index in [1.54, 1.807) is 6.20 Å². The molecule has 9 nitrogen and oxygen atoms in total. The van der Waals surface area contributed by atoms with Gasteiger partial charge in [0.15, 0.2) is 0 Å². The van der Waals surface area contributed by atoms with Gasteiger partial charge in [-0.3, -0.25) is 10.1 Å². The maximum Gasteiger partial charge on any atom is 0.353 e. The Bertz CT molecular complexity index is 788. The number of hydrogen-bond donors (Lipinski definition) is 1. The second kappa shape index (κ2) is 7.73. The zero-order valence-electron chi connectivity index (χ0n) is 15.1. The molecular formula is C18H23N7O2. The van der Waals surface area contributed by atoms with E-state index in [-0.39, 0.29) is 16.7 Å². The van der Waals surface area contributed by atoms with E-state index in [1.807, 2.05) is 23.1 Å². The predicted octanol–water partition coefficient (Wildman–Crippen LogP) is 2.46. The quantitative estimate of drug-likeness (QED) is 0.634. The second-order valence-corrected chi connectivity index (χ2v) is 6.94. The van der Waals surface area contributed by atoms with Crippen molar-refractivity contribution in [1.29, 1.82) is 0 Å². The Kier molecular flexibility index (Phi) is 4.99. The lowest BCUT2D eigenvalue weighted by molar-refractivity contribution is -0.383. The standard InChI is InChI=1S/C18H23N7O2/c26-25(27)16-17(22-14-5-1-2-6-14)20-13-21-18(16)24-11-9-23(10-12-24)15-7-3-4-8-19-15/h3-4,7-8,13-14H,1-2,5-6,9-12H2,(H,20,21,22). The number of anilines is 3. The van der Waals surface area contributed by atoms with Gasteiger partial charge in [-0.05, 0) is 25.0 Å². The number of hydrogen-bond acceptors (Lipinski definition) is 8. The first-order valence-corrected chi connectivity index (χ1v) is 9.39. The molecule has 9 heteroatoms. The minimum Gasteiger partial charge on any atom is -0.361 e. The summed E-state index contributed by atoms with van der Waals surface area (Å²) in [5.74, 6) is 1.66. The average Bonchev–Trinajstić information content (AvgIpc) is 3.21. The molecule has 1 N–H and O–H groups in total. The third kappa shape index (κ3) is 3.76. The summed E-state index contributed by atoms with van der Waals surface area (Å²) in [6.07, 6.45) is 7.55. The Balaban J connectivity index is 1.52. The lowest BCUT2D eigenvalue weighted by Crippen LogP contribution is -2.47. The number of aromatic nitrogens is 3. The number of nitro groups is 1. The van der Waals surface area contributed by atoms with Gasteiger partial charge >= 0.3 is 5.69 Å². The van der Waals surface area contributed by atoms with Gasteiger partial charge in [-0.2, -0.15) is 0 Å². The molecule has 1 saturated carbocycles. The van der Waals surface area contributed by atoms with E-state index >= 15 is 0 Å². The van der Waals surface area contributed by atoms with Gasteiger partial charge in [0.05, 0.1) is 4.92 Å². The van der Waals surface area contributed by atoms with Crippen molar-refractivity contribution < 1.29 is 4.92 Å². The van der Waals surface area contributed by atoms with E-state index in [9.17, 15) is 10.1 Å². The average molecular weight is 369 g/mol. The molecule has 1 saturated heterocycles. The third-order valence-electron chi connectivity index (χ3n) is 5.23. The van der Waals surface area contributed by atoms with Crippen molar-refractivity contribution in [1.82, 2.24) is 15.0 Å². The largest absolute Gasteiger partial charge is 0.361 e. The Morgan fingerprint density at radius 3 is 2.44 bits per heavy atom. The molecule has 0 unspecified atom stereocenters. The SMILES string of the molecule is O=[N+]([O-])c1c(NC2CCCC2)ncnc1N1CCN(c2ccccn2)CC1. The maximum absolute atomic E-state index is 11.8. The Morgan fingerprint density at radius 1 is 1.04 bits per heavy atom. The predicted molar refractivity (Wildman–Crippen MR) is 103 cm³/mol. The molecular weight excluding hydrogens is 346 g/mol. The molecule has 2 fully saturated rings. The molecule has 0 bridgehead atoms. The van der Waals surface area contributed by atoms with Gasteiger partial charge in [0.25, 0.3) is 0 Å². The van der Waals surface area contributed by atoms with Crippen LogP contribution in [0.1, 0.15) is 25.7 Å². The van der Waals surface area contributed by atoms with Crippen LogP contribution in [0.4, 0.5) is 23.1 Å². The smallest absolute Gasteiger partial charge is 0.353 e. The van der Waals surface area contributed by atoms with E-state index in [0.717, 1.165) is 44.6 Å². The number of piperazine rings is 1. The maximum atomic E-state index is 11.8. The molecule has 2 aromatic rings. The molecule has 0 radical (unpaired) electrons. The highest BCUT2D eigenvalue weighted by Gasteiger charge is 2.30. The zero-order valence-corrected chi connectivity index (χ0v) is 15.1. The molecule has 0 atom stereocenters. The Morgan fingerprint density at radius 2 is 1.78 bits per heavy atom. The number of rotatable bonds is 5. The van der Waals surface area contributed by atoms with Gasteiger partial charge in [0.2, 0.25) is 11.6 Å². The lowest BCUT2D eigenvalue weighted by Gasteiger charge is -2.35. The molecule has 2 aromatic heterocycles. The lowest BCUT2D eigenvalue weighted by atomic mass is 10.2. The number of pyridine rings is 1. The summed E-state index contributed by atoms with van der Waals surface area (Å²) < 4.78 is 0. The van der Waals surface area contributed by atoms with Crippen LogP contribution in [0.5, 0.6) is 0 Å². The van der Waals surface area contributed by atoms with Crippen LogP contribution in [0.25, 0.3) is 0 Å². The molecule has 2 aliphatic rings. The fourth-order valence-electron chi connectivity index (χ4n) is 3.83. The van der Waals surface area contributed by atoms with Crippen LogP contribution in [-0.4, -0.2) is 52.1 Å². The molecule has 27 heavy (non-hydrogen) atoms. The second-order valence-electron chi connectivity index (χ2n) is 6.94. The molecule has 142 valence electrons. The van der Waals surface area contributed by atoms with E-state index < -0.39 is 0 Å². The van der Waals surface area contributed by atoms with Crippen LogP contribution >= 0.6 is 0 Å². The molecule has 3 heterocycles. The van der Waals surface area contributed by atoms with Crippen molar-refractivity contribution in [2.75, 3.05) is 41.3 Å². The summed E-state index contributed by atoms with van der Waals surface area (Å²) in [6.45, 7) is 2.78. The van der Waals surface area contributed by atoms with E-state index in [0.29, 0.717) is 24.7 Å². The zero-order chi connectivity index (χ0) is 18.6. The molecule has 1 aliphatic carbocycles. The highest BCUT2D eigenvalue weighted by atomic mass is 16.6. The fraction of sp³-hybridized carbons (Fsp3) is 0.500. The van der Waals surface area contributed by atoms with Crippen LogP contribution in [0.2, 0.25) is 0 Å². The molecule has 0 aromatic carbocycles. The summed E-state index contributed by atoms with van der Waals surface area (Å²) in [7, 11) is 0. The monoisotopic (exact) mass is 369 g/mol. The van der Waals surface area contributed by atoms with Crippen molar-refractivity contribution in [2.24, 2.45) is 0 Å². The van der Waals surface area contributed by atoms with Crippen LogP contribution in [0.15, 0.2) is 30.7 Å². The highest BCUT2D eigenvalue weighted by Crippen LogP contribution is 2.34. The normalized spacial score (nSPS) is 17.9. The summed E-state index contributed by atoms with van der Waals surface area (Å²) in [6, 6.07) is 6.09. The van der Waals surface area contributed by atoms with Crippen molar-refractivity contribution in [3.63, 3.8) is 0 Å². The molecule has 4 rings (SSSR count). The molecule has 1 aliphatic heterocycles. The Hall–Kier alpha value is -2.97. The van der Waals surface area contributed by atoms with Gasteiger partial charge in [-0.1, -0.05) is 18.9 Å². The fourth-order valence-corrected chi connectivity index (χ4v) is 3.83. The van der Waals surface area contributed by atoms with Crippen LogP contribution < -0.4 is 15.1 Å². The highest BCUT2D eigenvalue weighted by molar-refractivity contribution is 5.71. The van der Waals surface area contributed by atoms with Gasteiger partial charge in [0, 0.05) is 38.4 Å². The first kappa shape index (κ1) is 17.4. The third-order valence-corrected chi connectivity index (χ3v) is 5.23. The first-order chi connectivity index (χ1) is 13.2. The number of nitrogens with one attached hydrogen (secondary N) is 1. The minimum absolute atomic E-state index is 0.0179. The number of nitrogens with zero attached hydrogens (tertiary/aromatic N) is 6. The summed E-state index contributed by atoms with van der Waals surface area (Å²) in [4.78, 5) is 28.4. The van der Waals surface area contributed by atoms with Gasteiger partial charge < -0.3 is 15.1 Å². The van der Waals surface area contributed by atoms with Crippen molar-refractivity contribution in [3.05, 3.63) is 40.8 Å². The van der Waals surface area contributed by atoms with Crippen molar-refractivity contribution >= 4 is 23.1 Å². The van der Waals surface area contributed by atoms with Crippen LogP contribution in [-0.2, 0) is 0 Å². The Labute approximate surface area is 157 Å². The topological polar surface area (TPSA) is 100 Å². The molecule has 0 spiro atoms. The van der Waals surface area contributed by atoms with E-state index in [4.69, 9.17) is 0 Å². The van der Waals surface area contributed by atoms with Crippen LogP contribution in [0, 0.1) is 10.1 Å².